The van der Waals surface area contributed by atoms with Crippen LogP contribution in [0.1, 0.15) is 5.56 Å². The molecule has 0 saturated heterocycles. The summed E-state index contributed by atoms with van der Waals surface area (Å²) in [7, 11) is 3.78. The first-order valence-electron chi connectivity index (χ1n) is 6.26. The van der Waals surface area contributed by atoms with Crippen molar-refractivity contribution >= 4 is 0 Å². The molecule has 0 aliphatic carbocycles. The largest absolute Gasteiger partial charge is 0.490 e. The summed E-state index contributed by atoms with van der Waals surface area (Å²) in [4.78, 5) is 0. The SMILES string of the molecule is CNCc1ccccc1OCCOc1cnn(C)c1. The maximum absolute atomic E-state index is 5.73. The van der Waals surface area contributed by atoms with Gasteiger partial charge in [-0.15, -0.1) is 0 Å². The maximum atomic E-state index is 5.73. The third-order valence-electron chi connectivity index (χ3n) is 2.63. The molecule has 0 bridgehead atoms. The number of hydrogen-bond donors (Lipinski definition) is 1. The minimum absolute atomic E-state index is 0.500. The molecular weight excluding hydrogens is 242 g/mol. The van der Waals surface area contributed by atoms with Gasteiger partial charge < -0.3 is 14.8 Å². The van der Waals surface area contributed by atoms with Crippen molar-refractivity contribution in [1.82, 2.24) is 15.1 Å². The molecule has 5 heteroatoms. The molecule has 2 aromatic rings. The van der Waals surface area contributed by atoms with Crippen LogP contribution in [0.25, 0.3) is 0 Å². The van der Waals surface area contributed by atoms with Gasteiger partial charge in [0.2, 0.25) is 0 Å². The third-order valence-corrected chi connectivity index (χ3v) is 2.63. The van der Waals surface area contributed by atoms with Gasteiger partial charge in [-0.2, -0.15) is 5.10 Å². The van der Waals surface area contributed by atoms with E-state index in [0.717, 1.165) is 23.6 Å². The van der Waals surface area contributed by atoms with Gasteiger partial charge in [0.05, 0.1) is 12.4 Å². The van der Waals surface area contributed by atoms with Crippen LogP contribution < -0.4 is 14.8 Å². The molecular formula is C14H19N3O2. The predicted octanol–water partition coefficient (Wildman–Crippen LogP) is 1.60. The number of ether oxygens (including phenoxy) is 2. The number of aryl methyl sites for hydroxylation is 1. The second-order valence-electron chi connectivity index (χ2n) is 4.18. The highest BCUT2D eigenvalue weighted by Crippen LogP contribution is 2.17. The lowest BCUT2D eigenvalue weighted by atomic mass is 10.2. The van der Waals surface area contributed by atoms with Crippen molar-refractivity contribution in [2.45, 2.75) is 6.54 Å². The number of nitrogens with zero attached hydrogens (tertiary/aromatic N) is 2. The first-order valence-corrected chi connectivity index (χ1v) is 6.26. The average Bonchev–Trinajstić information content (AvgIpc) is 2.83. The van der Waals surface area contributed by atoms with Crippen molar-refractivity contribution in [3.05, 3.63) is 42.2 Å². The fourth-order valence-electron chi connectivity index (χ4n) is 1.77. The molecule has 0 spiro atoms. The topological polar surface area (TPSA) is 48.3 Å². The van der Waals surface area contributed by atoms with Gasteiger partial charge in [0.15, 0.2) is 5.75 Å². The van der Waals surface area contributed by atoms with Crippen LogP contribution >= 0.6 is 0 Å². The lowest BCUT2D eigenvalue weighted by Gasteiger charge is -2.11. The molecule has 19 heavy (non-hydrogen) atoms. The van der Waals surface area contributed by atoms with Crippen LogP contribution in [0.4, 0.5) is 0 Å². The molecule has 2 rings (SSSR count). The quantitative estimate of drug-likeness (QED) is 0.769. The summed E-state index contributed by atoms with van der Waals surface area (Å²) in [6, 6.07) is 7.99. The van der Waals surface area contributed by atoms with Crippen LogP contribution in [0.5, 0.6) is 11.5 Å². The normalized spacial score (nSPS) is 10.4. The van der Waals surface area contributed by atoms with Crippen LogP contribution in [0.3, 0.4) is 0 Å². The molecule has 0 amide bonds. The predicted molar refractivity (Wildman–Crippen MR) is 73.4 cm³/mol. The first kappa shape index (κ1) is 13.4. The van der Waals surface area contributed by atoms with Gasteiger partial charge in [-0.1, -0.05) is 18.2 Å². The number of nitrogens with one attached hydrogen (secondary N) is 1. The summed E-state index contributed by atoms with van der Waals surface area (Å²) < 4.78 is 13.0. The number of benzene rings is 1. The lowest BCUT2D eigenvalue weighted by molar-refractivity contribution is 0.215. The van der Waals surface area contributed by atoms with Crippen LogP contribution in [0.2, 0.25) is 0 Å². The van der Waals surface area contributed by atoms with Crippen molar-refractivity contribution in [3.63, 3.8) is 0 Å². The molecule has 0 fully saturated rings. The molecule has 0 saturated carbocycles. The van der Waals surface area contributed by atoms with Gasteiger partial charge in [0.25, 0.3) is 0 Å². The Balaban J connectivity index is 1.79. The summed E-state index contributed by atoms with van der Waals surface area (Å²) in [6.45, 7) is 1.80. The van der Waals surface area contributed by atoms with Gasteiger partial charge in [-0.3, -0.25) is 4.68 Å². The van der Waals surface area contributed by atoms with E-state index in [1.54, 1.807) is 10.9 Å². The van der Waals surface area contributed by atoms with Gasteiger partial charge in [0.1, 0.15) is 19.0 Å². The molecule has 1 aromatic heterocycles. The van der Waals surface area contributed by atoms with Crippen molar-refractivity contribution in [2.75, 3.05) is 20.3 Å². The van der Waals surface area contributed by atoms with E-state index in [1.807, 2.05) is 44.6 Å². The van der Waals surface area contributed by atoms with Gasteiger partial charge in [0, 0.05) is 19.2 Å². The number of hydrogen-bond acceptors (Lipinski definition) is 4. The molecule has 0 radical (unpaired) electrons. The van der Waals surface area contributed by atoms with Crippen LogP contribution in [-0.2, 0) is 13.6 Å². The molecule has 1 aromatic carbocycles. The van der Waals surface area contributed by atoms with E-state index in [0.29, 0.717) is 13.2 Å². The molecule has 0 atom stereocenters. The van der Waals surface area contributed by atoms with Crippen LogP contribution in [0, 0.1) is 0 Å². The Kier molecular flexibility index (Phi) is 4.80. The summed E-state index contributed by atoms with van der Waals surface area (Å²) in [5.74, 6) is 1.65. The molecule has 0 aliphatic rings. The highest BCUT2D eigenvalue weighted by molar-refractivity contribution is 5.33. The van der Waals surface area contributed by atoms with Crippen molar-refractivity contribution in [2.24, 2.45) is 7.05 Å². The molecule has 102 valence electrons. The van der Waals surface area contributed by atoms with Crippen molar-refractivity contribution in [3.8, 4) is 11.5 Å². The minimum Gasteiger partial charge on any atom is -0.490 e. The summed E-state index contributed by atoms with van der Waals surface area (Å²) in [5.41, 5.74) is 1.14. The Morgan fingerprint density at radius 2 is 2.00 bits per heavy atom. The summed E-state index contributed by atoms with van der Waals surface area (Å²) in [5, 5.41) is 7.16. The van der Waals surface area contributed by atoms with Crippen molar-refractivity contribution in [1.29, 1.82) is 0 Å². The fourth-order valence-corrected chi connectivity index (χ4v) is 1.77. The summed E-state index contributed by atoms with van der Waals surface area (Å²) >= 11 is 0. The molecule has 1 heterocycles. The zero-order valence-corrected chi connectivity index (χ0v) is 11.3. The second-order valence-corrected chi connectivity index (χ2v) is 4.18. The third kappa shape index (κ3) is 3.99. The molecule has 5 nitrogen and oxygen atoms in total. The molecule has 0 unspecified atom stereocenters. The van der Waals surface area contributed by atoms with Crippen LogP contribution in [0.15, 0.2) is 36.7 Å². The average molecular weight is 261 g/mol. The van der Waals surface area contributed by atoms with E-state index in [-0.39, 0.29) is 0 Å². The van der Waals surface area contributed by atoms with Crippen LogP contribution in [-0.4, -0.2) is 30.0 Å². The Morgan fingerprint density at radius 1 is 1.21 bits per heavy atom. The zero-order chi connectivity index (χ0) is 13.5. The highest BCUT2D eigenvalue weighted by Gasteiger charge is 2.02. The van der Waals surface area contributed by atoms with Gasteiger partial charge in [-0.05, 0) is 13.1 Å². The van der Waals surface area contributed by atoms with E-state index in [9.17, 15) is 0 Å². The van der Waals surface area contributed by atoms with Gasteiger partial charge >= 0.3 is 0 Å². The fraction of sp³-hybridized carbons (Fsp3) is 0.357. The van der Waals surface area contributed by atoms with Gasteiger partial charge in [-0.25, -0.2) is 0 Å². The molecule has 0 aliphatic heterocycles. The standard InChI is InChI=1S/C14H19N3O2/c1-15-9-12-5-3-4-6-14(12)19-8-7-18-13-10-16-17(2)11-13/h3-6,10-11,15H,7-9H2,1-2H3. The number of rotatable bonds is 7. The van der Waals surface area contributed by atoms with Crippen molar-refractivity contribution < 1.29 is 9.47 Å². The van der Waals surface area contributed by atoms with E-state index in [1.165, 1.54) is 0 Å². The Bertz CT molecular complexity index is 511. The maximum Gasteiger partial charge on any atom is 0.157 e. The molecule has 1 N–H and O–H groups in total. The lowest BCUT2D eigenvalue weighted by Crippen LogP contribution is -2.12. The Labute approximate surface area is 113 Å². The smallest absolute Gasteiger partial charge is 0.157 e. The zero-order valence-electron chi connectivity index (χ0n) is 11.3. The van der Waals surface area contributed by atoms with E-state index < -0.39 is 0 Å². The Hall–Kier alpha value is -2.01. The minimum atomic E-state index is 0.500. The monoisotopic (exact) mass is 261 g/mol. The number of para-hydroxylation sites is 1. The van der Waals surface area contributed by atoms with E-state index in [4.69, 9.17) is 9.47 Å². The Morgan fingerprint density at radius 3 is 2.74 bits per heavy atom. The van der Waals surface area contributed by atoms with E-state index in [2.05, 4.69) is 10.4 Å². The first-order chi connectivity index (χ1) is 9.29. The highest BCUT2D eigenvalue weighted by atomic mass is 16.5. The van der Waals surface area contributed by atoms with E-state index >= 15 is 0 Å². The summed E-state index contributed by atoms with van der Waals surface area (Å²) in [6.07, 6.45) is 3.52. The second kappa shape index (κ2) is 6.80. The number of aromatic nitrogens is 2.